The van der Waals surface area contributed by atoms with Crippen molar-refractivity contribution in [3.63, 3.8) is 0 Å². The number of amides is 1. The summed E-state index contributed by atoms with van der Waals surface area (Å²) in [5, 5.41) is 0. The van der Waals surface area contributed by atoms with E-state index in [1.165, 1.54) is 0 Å². The number of nitrogens with zero attached hydrogens (tertiary/aromatic N) is 2. The van der Waals surface area contributed by atoms with E-state index in [2.05, 4.69) is 44.7 Å². The molecule has 0 atom stereocenters. The molecule has 0 saturated heterocycles. The Morgan fingerprint density at radius 1 is 1.05 bits per heavy atom. The van der Waals surface area contributed by atoms with Gasteiger partial charge in [-0.1, -0.05) is 32.0 Å². The molecule has 0 spiro atoms. The molecule has 20 heavy (non-hydrogen) atoms. The summed E-state index contributed by atoms with van der Waals surface area (Å²) < 4.78 is 0. The number of hydrogen-bond acceptors (Lipinski definition) is 2. The number of rotatable bonds is 6. The molecule has 1 rings (SSSR count). The second-order valence-corrected chi connectivity index (χ2v) is 4.94. The summed E-state index contributed by atoms with van der Waals surface area (Å²) in [6, 6.07) is 6.17. The van der Waals surface area contributed by atoms with Gasteiger partial charge in [-0.05, 0) is 38.1 Å². The molecule has 0 bridgehead atoms. The van der Waals surface area contributed by atoms with Gasteiger partial charge in [0, 0.05) is 25.7 Å². The summed E-state index contributed by atoms with van der Waals surface area (Å²) in [4.78, 5) is 16.2. The predicted molar refractivity (Wildman–Crippen MR) is 89.0 cm³/mol. The van der Waals surface area contributed by atoms with Gasteiger partial charge in [0.15, 0.2) is 0 Å². The smallest absolute Gasteiger partial charge is 0.223 e. The molecule has 0 N–H and O–H groups in total. The maximum Gasteiger partial charge on any atom is 0.223 e. The van der Waals surface area contributed by atoms with Crippen LogP contribution in [0.25, 0.3) is 0 Å². The van der Waals surface area contributed by atoms with Crippen LogP contribution in [0, 0.1) is 13.8 Å². The van der Waals surface area contributed by atoms with Crippen LogP contribution in [0.5, 0.6) is 0 Å². The normalized spacial score (nSPS) is 10.3. The summed E-state index contributed by atoms with van der Waals surface area (Å²) in [6.07, 6.45) is 0. The van der Waals surface area contributed by atoms with Gasteiger partial charge in [-0.3, -0.25) is 4.79 Å². The third kappa shape index (κ3) is 4.80. The molecule has 0 saturated carbocycles. The Hall–Kier alpha value is -1.06. The first-order chi connectivity index (χ1) is 9.01. The number of likely N-dealkylation sites (N-methyl/N-ethyl adjacent to an activating group) is 1. The van der Waals surface area contributed by atoms with Crippen molar-refractivity contribution in [1.29, 1.82) is 0 Å². The van der Waals surface area contributed by atoms with Gasteiger partial charge in [0.2, 0.25) is 5.91 Å². The van der Waals surface area contributed by atoms with Crippen LogP contribution in [0.1, 0.15) is 31.9 Å². The van der Waals surface area contributed by atoms with E-state index in [1.807, 2.05) is 11.0 Å². The molecule has 0 aliphatic carbocycles. The molecule has 0 aliphatic heterocycles. The highest BCUT2D eigenvalue weighted by Gasteiger charge is 2.16. The van der Waals surface area contributed by atoms with Crippen molar-refractivity contribution in [3.8, 4) is 0 Å². The summed E-state index contributed by atoms with van der Waals surface area (Å²) in [5.41, 5.74) is 3.40. The third-order valence-electron chi connectivity index (χ3n) is 3.62. The number of carbonyl (C=O) groups is 1. The maximum absolute atomic E-state index is 11.9. The maximum atomic E-state index is 11.9. The zero-order valence-electron chi connectivity index (χ0n) is 13.3. The van der Waals surface area contributed by atoms with E-state index >= 15 is 0 Å². The third-order valence-corrected chi connectivity index (χ3v) is 3.62. The van der Waals surface area contributed by atoms with Crippen LogP contribution in [0.4, 0.5) is 5.69 Å². The molecule has 114 valence electrons. The van der Waals surface area contributed by atoms with E-state index in [9.17, 15) is 4.79 Å². The molecule has 0 fully saturated rings. The molecular weight excluding hydrogens is 272 g/mol. The summed E-state index contributed by atoms with van der Waals surface area (Å²) in [7, 11) is 0. The first kappa shape index (κ1) is 18.9. The van der Waals surface area contributed by atoms with E-state index in [-0.39, 0.29) is 18.3 Å². The summed E-state index contributed by atoms with van der Waals surface area (Å²) in [5.74, 6) is 0.115. The van der Waals surface area contributed by atoms with Crippen LogP contribution in [0.15, 0.2) is 18.2 Å². The van der Waals surface area contributed by atoms with Crippen molar-refractivity contribution in [1.82, 2.24) is 4.90 Å². The van der Waals surface area contributed by atoms with Crippen molar-refractivity contribution < 1.29 is 4.79 Å². The Kier molecular flexibility index (Phi) is 8.51. The quantitative estimate of drug-likeness (QED) is 0.803. The van der Waals surface area contributed by atoms with Gasteiger partial charge in [0.25, 0.3) is 0 Å². The second-order valence-electron chi connectivity index (χ2n) is 4.94. The molecule has 4 heteroatoms. The van der Waals surface area contributed by atoms with Crippen LogP contribution in [-0.4, -0.2) is 37.0 Å². The Morgan fingerprint density at radius 3 is 1.95 bits per heavy atom. The average Bonchev–Trinajstić information content (AvgIpc) is 2.36. The van der Waals surface area contributed by atoms with Crippen LogP contribution in [0.3, 0.4) is 0 Å². The number of para-hydroxylation sites is 1. The zero-order valence-corrected chi connectivity index (χ0v) is 14.1. The van der Waals surface area contributed by atoms with Crippen molar-refractivity contribution in [2.75, 3.05) is 31.1 Å². The molecule has 0 heterocycles. The molecule has 1 aromatic rings. The van der Waals surface area contributed by atoms with Crippen LogP contribution < -0.4 is 4.90 Å². The minimum atomic E-state index is 0. The molecule has 0 radical (unpaired) electrons. The fourth-order valence-electron chi connectivity index (χ4n) is 2.44. The largest absolute Gasteiger partial charge is 0.311 e. The van der Waals surface area contributed by atoms with Crippen LogP contribution in [-0.2, 0) is 4.79 Å². The lowest BCUT2D eigenvalue weighted by Gasteiger charge is -2.28. The number of halogens is 1. The second kappa shape index (κ2) is 8.98. The van der Waals surface area contributed by atoms with Crippen molar-refractivity contribution in [3.05, 3.63) is 29.3 Å². The van der Waals surface area contributed by atoms with Crippen molar-refractivity contribution in [2.45, 2.75) is 34.6 Å². The Labute approximate surface area is 129 Å². The summed E-state index contributed by atoms with van der Waals surface area (Å²) >= 11 is 0. The first-order valence-corrected chi connectivity index (χ1v) is 7.07. The van der Waals surface area contributed by atoms with E-state index in [4.69, 9.17) is 0 Å². The zero-order chi connectivity index (χ0) is 14.4. The van der Waals surface area contributed by atoms with Crippen LogP contribution in [0.2, 0.25) is 0 Å². The molecule has 1 aromatic carbocycles. The van der Waals surface area contributed by atoms with E-state index in [1.54, 1.807) is 6.92 Å². The van der Waals surface area contributed by atoms with E-state index in [0.29, 0.717) is 0 Å². The standard InChI is InChI=1S/C16H26N2O.ClH/c1-6-17(7-2)11-12-18(15(5)19)16-13(3)9-8-10-14(16)4;/h8-10H,6-7,11-12H2,1-5H3;1H. The number of hydrogen-bond donors (Lipinski definition) is 0. The molecule has 3 nitrogen and oxygen atoms in total. The highest BCUT2D eigenvalue weighted by atomic mass is 35.5. The van der Waals surface area contributed by atoms with Crippen molar-refractivity contribution in [2.24, 2.45) is 0 Å². The molecular formula is C16H27ClN2O. The molecule has 0 unspecified atom stereocenters. The Bertz CT molecular complexity index is 410. The number of aryl methyl sites for hydroxylation is 2. The lowest BCUT2D eigenvalue weighted by atomic mass is 10.1. The molecule has 0 aromatic heterocycles. The fraction of sp³-hybridized carbons (Fsp3) is 0.562. The highest BCUT2D eigenvalue weighted by molar-refractivity contribution is 5.93. The van der Waals surface area contributed by atoms with E-state index < -0.39 is 0 Å². The van der Waals surface area contributed by atoms with Gasteiger partial charge in [-0.25, -0.2) is 0 Å². The number of carbonyl (C=O) groups excluding carboxylic acids is 1. The lowest BCUT2D eigenvalue weighted by molar-refractivity contribution is -0.116. The monoisotopic (exact) mass is 298 g/mol. The minimum Gasteiger partial charge on any atom is -0.311 e. The minimum absolute atomic E-state index is 0. The Balaban J connectivity index is 0.00000361. The lowest BCUT2D eigenvalue weighted by Crippen LogP contribution is -2.38. The van der Waals surface area contributed by atoms with Gasteiger partial charge >= 0.3 is 0 Å². The van der Waals surface area contributed by atoms with E-state index in [0.717, 1.165) is 43.0 Å². The fourth-order valence-corrected chi connectivity index (χ4v) is 2.44. The number of anilines is 1. The topological polar surface area (TPSA) is 23.6 Å². The van der Waals surface area contributed by atoms with Crippen LogP contribution >= 0.6 is 12.4 Å². The van der Waals surface area contributed by atoms with Gasteiger partial charge in [0.05, 0.1) is 0 Å². The predicted octanol–water partition coefficient (Wildman–Crippen LogP) is 3.42. The number of benzene rings is 1. The van der Waals surface area contributed by atoms with Gasteiger partial charge < -0.3 is 9.80 Å². The molecule has 1 amide bonds. The first-order valence-electron chi connectivity index (χ1n) is 7.07. The summed E-state index contributed by atoms with van der Waals surface area (Å²) in [6.45, 7) is 13.8. The molecule has 0 aliphatic rings. The van der Waals surface area contributed by atoms with Crippen molar-refractivity contribution >= 4 is 24.0 Å². The Morgan fingerprint density at radius 2 is 1.55 bits per heavy atom. The van der Waals surface area contributed by atoms with Gasteiger partial charge in [-0.2, -0.15) is 0 Å². The average molecular weight is 299 g/mol. The highest BCUT2D eigenvalue weighted by Crippen LogP contribution is 2.24. The van der Waals surface area contributed by atoms with Gasteiger partial charge in [0.1, 0.15) is 0 Å². The van der Waals surface area contributed by atoms with Gasteiger partial charge in [-0.15, -0.1) is 12.4 Å². The SMILES string of the molecule is CCN(CC)CCN(C(C)=O)c1c(C)cccc1C.Cl.